The molecule has 3 aromatic rings. The first-order chi connectivity index (χ1) is 18.7. The van der Waals surface area contributed by atoms with E-state index >= 15 is 0 Å². The van der Waals surface area contributed by atoms with Crippen LogP contribution < -0.4 is 0 Å². The molecule has 40 heavy (non-hydrogen) atoms. The van der Waals surface area contributed by atoms with Gasteiger partial charge in [-0.25, -0.2) is 4.39 Å². The van der Waals surface area contributed by atoms with Gasteiger partial charge < -0.3 is 4.90 Å². The van der Waals surface area contributed by atoms with Crippen molar-refractivity contribution in [2.24, 2.45) is 0 Å². The summed E-state index contributed by atoms with van der Waals surface area (Å²) >= 11 is 0.703. The molecule has 0 saturated carbocycles. The van der Waals surface area contributed by atoms with Crippen LogP contribution in [0.25, 0.3) is 17.0 Å². The van der Waals surface area contributed by atoms with Crippen LogP contribution in [0.5, 0.6) is 0 Å². The highest BCUT2D eigenvalue weighted by molar-refractivity contribution is 8.18. The van der Waals surface area contributed by atoms with Gasteiger partial charge in [-0.2, -0.15) is 31.4 Å². The van der Waals surface area contributed by atoms with Crippen LogP contribution in [0, 0.1) is 0 Å². The first-order valence-electron chi connectivity index (χ1n) is 12.0. The second-order valence-corrected chi connectivity index (χ2v) is 10.7. The van der Waals surface area contributed by atoms with Gasteiger partial charge in [0.2, 0.25) is 0 Å². The summed E-state index contributed by atoms with van der Waals surface area (Å²) in [4.78, 5) is 28.4. The Bertz CT molecular complexity index is 1510. The van der Waals surface area contributed by atoms with Crippen LogP contribution in [0.15, 0.2) is 47.5 Å². The van der Waals surface area contributed by atoms with E-state index in [1.165, 1.54) is 17.0 Å². The number of thioether (sulfide) groups is 1. The molecule has 14 heteroatoms. The van der Waals surface area contributed by atoms with Gasteiger partial charge in [-0.3, -0.25) is 19.2 Å². The minimum Gasteiger partial charge on any atom is -0.303 e. The maximum absolute atomic E-state index is 14.6. The van der Waals surface area contributed by atoms with Gasteiger partial charge in [0.05, 0.1) is 40.3 Å². The molecule has 3 heterocycles. The fourth-order valence-corrected chi connectivity index (χ4v) is 5.77. The standard InChI is InChI=1S/C26H21F7N4O2S/c1-35-7-6-21(19(27)13-35)37-23(38)22(40-24(37)39)9-14-2-5-20-16(8-14)11-34-36(20)12-15-3-4-17(25(28,29)30)10-18(15)26(31,32)33/h2-5,8-11,19,21H,6-7,12-13H2,1H3. The SMILES string of the molecule is CN1CCC(N2C(=O)SC(=Cc3ccc4c(cnn4Cc4ccc(C(F)(F)F)cc4C(F)(F)F)c3)C2=O)C(F)C1. The van der Waals surface area contributed by atoms with Gasteiger partial charge in [-0.05, 0) is 66.7 Å². The smallest absolute Gasteiger partial charge is 0.303 e. The summed E-state index contributed by atoms with van der Waals surface area (Å²) in [7, 11) is 1.76. The van der Waals surface area contributed by atoms with Crippen molar-refractivity contribution in [1.82, 2.24) is 19.6 Å². The quantitative estimate of drug-likeness (QED) is 0.269. The number of carbonyl (C=O) groups excluding carboxylic acids is 2. The number of hydrogen-bond acceptors (Lipinski definition) is 5. The second kappa shape index (κ2) is 10.2. The fourth-order valence-electron chi connectivity index (χ4n) is 4.89. The van der Waals surface area contributed by atoms with Crippen LogP contribution in [-0.4, -0.2) is 63.1 Å². The fraction of sp³-hybridized carbons (Fsp3) is 0.346. The highest BCUT2D eigenvalue weighted by atomic mass is 32.2. The van der Waals surface area contributed by atoms with E-state index in [2.05, 4.69) is 5.10 Å². The van der Waals surface area contributed by atoms with Crippen molar-refractivity contribution in [2.45, 2.75) is 37.5 Å². The number of rotatable bonds is 4. The Kier molecular flexibility index (Phi) is 7.19. The van der Waals surface area contributed by atoms with E-state index in [9.17, 15) is 40.3 Å². The molecule has 2 saturated heterocycles. The summed E-state index contributed by atoms with van der Waals surface area (Å²) in [5.74, 6) is -0.593. The third-order valence-electron chi connectivity index (χ3n) is 6.89. The van der Waals surface area contributed by atoms with E-state index in [4.69, 9.17) is 0 Å². The number of hydrogen-bond donors (Lipinski definition) is 0. The average Bonchev–Trinajstić information content (AvgIpc) is 3.37. The summed E-state index contributed by atoms with van der Waals surface area (Å²) in [6.07, 6.45) is -8.13. The van der Waals surface area contributed by atoms with Crippen LogP contribution in [-0.2, 0) is 23.7 Å². The number of alkyl halides is 7. The van der Waals surface area contributed by atoms with E-state index in [-0.39, 0.29) is 23.1 Å². The van der Waals surface area contributed by atoms with Gasteiger partial charge in [-0.15, -0.1) is 0 Å². The number of fused-ring (bicyclic) bond motifs is 1. The highest BCUT2D eigenvalue weighted by Crippen LogP contribution is 2.39. The lowest BCUT2D eigenvalue weighted by Gasteiger charge is -2.36. The maximum Gasteiger partial charge on any atom is 0.416 e. The molecular weight excluding hydrogens is 565 g/mol. The minimum atomic E-state index is -5.01. The van der Waals surface area contributed by atoms with Gasteiger partial charge in [-0.1, -0.05) is 12.1 Å². The number of aromatic nitrogens is 2. The molecule has 1 aromatic heterocycles. The summed E-state index contributed by atoms with van der Waals surface area (Å²) in [5.41, 5.74) is -2.28. The van der Waals surface area contributed by atoms with Gasteiger partial charge in [0.15, 0.2) is 0 Å². The molecule has 5 rings (SSSR count). The molecule has 0 aliphatic carbocycles. The number of halogens is 7. The van der Waals surface area contributed by atoms with Gasteiger partial charge >= 0.3 is 12.4 Å². The summed E-state index contributed by atoms with van der Waals surface area (Å²) in [5, 5.41) is 4.04. The molecule has 2 aliphatic heterocycles. The molecule has 2 fully saturated rings. The zero-order chi connectivity index (χ0) is 29.0. The van der Waals surface area contributed by atoms with Crippen molar-refractivity contribution in [3.8, 4) is 0 Å². The molecule has 2 aliphatic rings. The van der Waals surface area contributed by atoms with E-state index in [0.29, 0.717) is 47.3 Å². The Labute approximate surface area is 227 Å². The number of piperidine rings is 1. The topological polar surface area (TPSA) is 58.4 Å². The summed E-state index contributed by atoms with van der Waals surface area (Å²) < 4.78 is 95.5. The number of carbonyl (C=O) groups is 2. The van der Waals surface area contributed by atoms with Crippen molar-refractivity contribution in [2.75, 3.05) is 20.1 Å². The Morgan fingerprint density at radius 2 is 1.80 bits per heavy atom. The zero-order valence-corrected chi connectivity index (χ0v) is 21.6. The number of amides is 2. The van der Waals surface area contributed by atoms with Crippen LogP contribution in [0.3, 0.4) is 0 Å². The molecular formula is C26H21F7N4O2S. The van der Waals surface area contributed by atoms with Gasteiger partial charge in [0.1, 0.15) is 6.17 Å². The number of likely N-dealkylation sites (tertiary alicyclic amines) is 1. The van der Waals surface area contributed by atoms with Crippen LogP contribution in [0.2, 0.25) is 0 Å². The second-order valence-electron chi connectivity index (χ2n) is 9.67. The van der Waals surface area contributed by atoms with Crippen molar-refractivity contribution >= 4 is 39.9 Å². The van der Waals surface area contributed by atoms with E-state index in [0.717, 1.165) is 11.0 Å². The number of benzene rings is 2. The molecule has 0 N–H and O–H groups in total. The largest absolute Gasteiger partial charge is 0.416 e. The van der Waals surface area contributed by atoms with Crippen molar-refractivity contribution in [3.63, 3.8) is 0 Å². The zero-order valence-electron chi connectivity index (χ0n) is 20.8. The maximum atomic E-state index is 14.6. The number of nitrogens with zero attached hydrogens (tertiary/aromatic N) is 4. The normalized spacial score (nSPS) is 22.2. The molecule has 6 nitrogen and oxygen atoms in total. The third-order valence-corrected chi connectivity index (χ3v) is 7.78. The molecule has 0 spiro atoms. The van der Waals surface area contributed by atoms with Crippen LogP contribution in [0.1, 0.15) is 28.7 Å². The minimum absolute atomic E-state index is 0.0862. The molecule has 212 valence electrons. The summed E-state index contributed by atoms with van der Waals surface area (Å²) in [6.45, 7) is 0.224. The molecule has 2 atom stereocenters. The molecule has 0 bridgehead atoms. The lowest BCUT2D eigenvalue weighted by molar-refractivity contribution is -0.143. The van der Waals surface area contributed by atoms with E-state index in [1.807, 2.05) is 0 Å². The predicted octanol–water partition coefficient (Wildman–Crippen LogP) is 6.20. The van der Waals surface area contributed by atoms with Crippen LogP contribution in [0.4, 0.5) is 35.5 Å². The molecule has 2 unspecified atom stereocenters. The third kappa shape index (κ3) is 5.46. The monoisotopic (exact) mass is 586 g/mol. The highest BCUT2D eigenvalue weighted by Gasteiger charge is 2.44. The average molecular weight is 587 g/mol. The molecule has 0 radical (unpaired) electrons. The first-order valence-corrected chi connectivity index (χ1v) is 12.9. The van der Waals surface area contributed by atoms with Crippen molar-refractivity contribution in [3.05, 3.63) is 69.8 Å². The van der Waals surface area contributed by atoms with Crippen molar-refractivity contribution in [1.29, 1.82) is 0 Å². The predicted molar refractivity (Wildman–Crippen MR) is 134 cm³/mol. The van der Waals surface area contributed by atoms with Gasteiger partial charge in [0.25, 0.3) is 11.1 Å². The lowest BCUT2D eigenvalue weighted by atomic mass is 10.0. The molecule has 2 aromatic carbocycles. The molecule has 2 amide bonds. The first kappa shape index (κ1) is 28.1. The van der Waals surface area contributed by atoms with E-state index in [1.54, 1.807) is 30.1 Å². The Morgan fingerprint density at radius 3 is 2.48 bits per heavy atom. The van der Waals surface area contributed by atoms with Crippen molar-refractivity contribution < 1.29 is 40.3 Å². The van der Waals surface area contributed by atoms with Gasteiger partial charge in [0, 0.05) is 18.5 Å². The Morgan fingerprint density at radius 1 is 1.05 bits per heavy atom. The summed E-state index contributed by atoms with van der Waals surface area (Å²) in [6, 6.07) is 5.35. The Balaban J connectivity index is 1.39. The van der Waals surface area contributed by atoms with E-state index < -0.39 is 53.4 Å². The Hall–Kier alpha value is -3.39. The lowest BCUT2D eigenvalue weighted by Crippen LogP contribution is -2.52. The number of imide groups is 1. The van der Waals surface area contributed by atoms with Crippen LogP contribution >= 0.6 is 11.8 Å².